The summed E-state index contributed by atoms with van der Waals surface area (Å²) in [6.45, 7) is 1.16. The van der Waals surface area contributed by atoms with E-state index in [1.807, 2.05) is 0 Å². The Morgan fingerprint density at radius 2 is 2.07 bits per heavy atom. The predicted octanol–water partition coefficient (Wildman–Crippen LogP) is 3.31. The minimum absolute atomic E-state index is 0.852. The molecule has 0 bridgehead atoms. The number of aryl methyl sites for hydroxylation is 1. The van der Waals surface area contributed by atoms with Gasteiger partial charge >= 0.3 is 0 Å². The molecule has 2 aliphatic rings. The monoisotopic (exact) mass is 187 g/mol. The summed E-state index contributed by atoms with van der Waals surface area (Å²) in [6, 6.07) is 6.77. The maximum Gasteiger partial charge on any atom is 0.0378 e. The summed E-state index contributed by atoms with van der Waals surface area (Å²) in [5, 5.41) is 3.56. The second-order valence-corrected chi connectivity index (χ2v) is 4.54. The fraction of sp³-hybridized carbons (Fsp3) is 0.538. The van der Waals surface area contributed by atoms with Gasteiger partial charge in [-0.3, -0.25) is 0 Å². The molecule has 0 saturated carbocycles. The Kier molecular flexibility index (Phi) is 1.97. The van der Waals surface area contributed by atoms with E-state index in [-0.39, 0.29) is 0 Å². The Morgan fingerprint density at radius 1 is 1.14 bits per heavy atom. The molecule has 74 valence electrons. The second kappa shape index (κ2) is 3.30. The third kappa shape index (κ3) is 1.23. The molecule has 0 saturated heterocycles. The zero-order valence-electron chi connectivity index (χ0n) is 8.55. The molecule has 14 heavy (non-hydrogen) atoms. The molecule has 1 aliphatic heterocycles. The van der Waals surface area contributed by atoms with Crippen molar-refractivity contribution in [1.82, 2.24) is 0 Å². The first-order valence-electron chi connectivity index (χ1n) is 5.81. The lowest BCUT2D eigenvalue weighted by molar-refractivity contribution is 0.520. The summed E-state index contributed by atoms with van der Waals surface area (Å²) >= 11 is 0. The van der Waals surface area contributed by atoms with Crippen LogP contribution in [0.4, 0.5) is 5.69 Å². The Morgan fingerprint density at radius 3 is 3.07 bits per heavy atom. The van der Waals surface area contributed by atoms with E-state index in [0.29, 0.717) is 0 Å². The van der Waals surface area contributed by atoms with Crippen molar-refractivity contribution in [2.24, 2.45) is 0 Å². The van der Waals surface area contributed by atoms with Crippen molar-refractivity contribution in [3.05, 3.63) is 29.3 Å². The van der Waals surface area contributed by atoms with Crippen molar-refractivity contribution in [1.29, 1.82) is 0 Å². The van der Waals surface area contributed by atoms with Crippen LogP contribution in [0.3, 0.4) is 0 Å². The van der Waals surface area contributed by atoms with Crippen LogP contribution in [0.2, 0.25) is 0 Å². The van der Waals surface area contributed by atoms with Crippen molar-refractivity contribution in [3.8, 4) is 0 Å². The minimum atomic E-state index is 0.852. The van der Waals surface area contributed by atoms with Crippen LogP contribution in [-0.2, 0) is 6.42 Å². The first-order chi connectivity index (χ1) is 6.95. The van der Waals surface area contributed by atoms with Gasteiger partial charge in [-0.05, 0) is 55.2 Å². The molecule has 0 spiro atoms. The zero-order chi connectivity index (χ0) is 9.38. The van der Waals surface area contributed by atoms with E-state index in [1.54, 1.807) is 11.1 Å². The van der Waals surface area contributed by atoms with E-state index in [9.17, 15) is 0 Å². The second-order valence-electron chi connectivity index (χ2n) is 4.54. The van der Waals surface area contributed by atoms with Gasteiger partial charge in [0.05, 0.1) is 0 Å². The van der Waals surface area contributed by atoms with E-state index in [4.69, 9.17) is 0 Å². The molecule has 0 amide bonds. The predicted molar refractivity (Wildman–Crippen MR) is 59.8 cm³/mol. The SMILES string of the molecule is c1cc2c3c(c1)NCCCC3CCC2. The molecule has 1 atom stereocenters. The zero-order valence-corrected chi connectivity index (χ0v) is 8.55. The van der Waals surface area contributed by atoms with Crippen LogP contribution >= 0.6 is 0 Å². The van der Waals surface area contributed by atoms with E-state index in [1.165, 1.54) is 37.8 Å². The summed E-state index contributed by atoms with van der Waals surface area (Å²) in [5.41, 5.74) is 4.68. The summed E-state index contributed by atoms with van der Waals surface area (Å²) in [5.74, 6) is 0.852. The maximum absolute atomic E-state index is 3.56. The molecule has 0 radical (unpaired) electrons. The fourth-order valence-electron chi connectivity index (χ4n) is 3.01. The van der Waals surface area contributed by atoms with Gasteiger partial charge in [-0.15, -0.1) is 0 Å². The highest BCUT2D eigenvalue weighted by Crippen LogP contribution is 2.40. The molecule has 1 aromatic carbocycles. The molecule has 1 unspecified atom stereocenters. The lowest BCUT2D eigenvalue weighted by Crippen LogP contribution is -2.09. The lowest BCUT2D eigenvalue weighted by Gasteiger charge is -2.25. The number of hydrogen-bond acceptors (Lipinski definition) is 1. The first-order valence-corrected chi connectivity index (χ1v) is 5.81. The van der Waals surface area contributed by atoms with Crippen molar-refractivity contribution >= 4 is 5.69 Å². The quantitative estimate of drug-likeness (QED) is 0.657. The number of benzene rings is 1. The third-order valence-electron chi connectivity index (χ3n) is 3.65. The summed E-state index contributed by atoms with van der Waals surface area (Å²) in [4.78, 5) is 0. The highest BCUT2D eigenvalue weighted by atomic mass is 14.9. The molecular formula is C13H17N. The lowest BCUT2D eigenvalue weighted by atomic mass is 9.80. The van der Waals surface area contributed by atoms with E-state index < -0.39 is 0 Å². The highest BCUT2D eigenvalue weighted by Gasteiger charge is 2.24. The Balaban J connectivity index is 2.14. The molecule has 3 rings (SSSR count). The topological polar surface area (TPSA) is 12.0 Å². The van der Waals surface area contributed by atoms with Crippen LogP contribution in [0.5, 0.6) is 0 Å². The third-order valence-corrected chi connectivity index (χ3v) is 3.65. The smallest absolute Gasteiger partial charge is 0.0378 e. The largest absolute Gasteiger partial charge is 0.385 e. The van der Waals surface area contributed by atoms with Crippen molar-refractivity contribution in [2.45, 2.75) is 38.0 Å². The highest BCUT2D eigenvalue weighted by molar-refractivity contribution is 5.58. The number of rotatable bonds is 0. The normalized spacial score (nSPS) is 24.7. The van der Waals surface area contributed by atoms with Gasteiger partial charge in [0.2, 0.25) is 0 Å². The van der Waals surface area contributed by atoms with Gasteiger partial charge in [0, 0.05) is 12.2 Å². The van der Waals surface area contributed by atoms with Gasteiger partial charge in [-0.25, -0.2) is 0 Å². The van der Waals surface area contributed by atoms with Gasteiger partial charge < -0.3 is 5.32 Å². The summed E-state index contributed by atoms with van der Waals surface area (Å²) in [7, 11) is 0. The Labute approximate surface area is 85.5 Å². The van der Waals surface area contributed by atoms with Crippen LogP contribution < -0.4 is 5.32 Å². The van der Waals surface area contributed by atoms with Gasteiger partial charge in [0.25, 0.3) is 0 Å². The molecule has 0 fully saturated rings. The average Bonchev–Trinajstić information content (AvgIpc) is 2.44. The van der Waals surface area contributed by atoms with Gasteiger partial charge in [0.15, 0.2) is 0 Å². The molecule has 1 aromatic rings. The Bertz CT molecular complexity index is 343. The van der Waals surface area contributed by atoms with Crippen molar-refractivity contribution < 1.29 is 0 Å². The average molecular weight is 187 g/mol. The first kappa shape index (κ1) is 8.34. The molecule has 1 nitrogen and oxygen atoms in total. The molecule has 1 N–H and O–H groups in total. The van der Waals surface area contributed by atoms with Gasteiger partial charge in [-0.1, -0.05) is 12.1 Å². The molecule has 0 aromatic heterocycles. The number of anilines is 1. The van der Waals surface area contributed by atoms with Crippen LogP contribution in [-0.4, -0.2) is 6.54 Å². The van der Waals surface area contributed by atoms with E-state index in [0.717, 1.165) is 12.5 Å². The number of hydrogen-bond donors (Lipinski definition) is 1. The maximum atomic E-state index is 3.56. The van der Waals surface area contributed by atoms with E-state index in [2.05, 4.69) is 23.5 Å². The molecule has 1 heteroatoms. The van der Waals surface area contributed by atoms with Crippen LogP contribution in [0, 0.1) is 0 Å². The minimum Gasteiger partial charge on any atom is -0.385 e. The van der Waals surface area contributed by atoms with Crippen molar-refractivity contribution in [2.75, 3.05) is 11.9 Å². The van der Waals surface area contributed by atoms with Crippen molar-refractivity contribution in [3.63, 3.8) is 0 Å². The van der Waals surface area contributed by atoms with Crippen LogP contribution in [0.15, 0.2) is 18.2 Å². The molecular weight excluding hydrogens is 170 g/mol. The number of nitrogens with one attached hydrogen (secondary N) is 1. The fourth-order valence-corrected chi connectivity index (χ4v) is 3.01. The molecule has 1 aliphatic carbocycles. The van der Waals surface area contributed by atoms with Crippen LogP contribution in [0.1, 0.15) is 42.7 Å². The summed E-state index contributed by atoms with van der Waals surface area (Å²) < 4.78 is 0. The van der Waals surface area contributed by atoms with Gasteiger partial charge in [0.1, 0.15) is 0 Å². The van der Waals surface area contributed by atoms with Crippen LogP contribution in [0.25, 0.3) is 0 Å². The summed E-state index contributed by atoms with van der Waals surface area (Å²) in [6.07, 6.45) is 6.81. The Hall–Kier alpha value is -0.980. The van der Waals surface area contributed by atoms with Gasteiger partial charge in [-0.2, -0.15) is 0 Å². The molecule has 1 heterocycles. The standard InChI is InChI=1S/C13H17N/c1-4-10-6-2-8-12-13(10)11(5-1)7-3-9-14-12/h2,6,8,11,14H,1,3-5,7,9H2. The van der Waals surface area contributed by atoms with E-state index >= 15 is 0 Å².